The number of nitrogens with one attached hydrogen (secondary N) is 1. The molecule has 1 aromatic heterocycles. The van der Waals surface area contributed by atoms with Crippen LogP contribution in [-0.4, -0.2) is 24.5 Å². The first-order chi connectivity index (χ1) is 11.1. The van der Waals surface area contributed by atoms with Gasteiger partial charge in [-0.1, -0.05) is 30.3 Å². The van der Waals surface area contributed by atoms with E-state index < -0.39 is 17.9 Å². The number of hydrogen-bond acceptors (Lipinski definition) is 4. The Kier molecular flexibility index (Phi) is 5.68. The Morgan fingerprint density at radius 3 is 2.52 bits per heavy atom. The fraction of sp³-hybridized carbons (Fsp3) is 0.235. The van der Waals surface area contributed by atoms with E-state index in [1.54, 1.807) is 13.0 Å². The smallest absolute Gasteiger partial charge is 0.328 e. The molecule has 1 aromatic carbocycles. The summed E-state index contributed by atoms with van der Waals surface area (Å²) in [6.45, 7) is 1.91. The second kappa shape index (κ2) is 7.93. The van der Waals surface area contributed by atoms with Crippen LogP contribution in [0.1, 0.15) is 23.0 Å². The normalized spacial score (nSPS) is 11.5. The minimum atomic E-state index is -0.856. The van der Waals surface area contributed by atoms with Gasteiger partial charge in [-0.2, -0.15) is 4.73 Å². The highest BCUT2D eigenvalue weighted by molar-refractivity contribution is 5.94. The first-order valence-electron chi connectivity index (χ1n) is 7.31. The zero-order valence-electron chi connectivity index (χ0n) is 12.8. The lowest BCUT2D eigenvalue weighted by Gasteiger charge is -2.17. The minimum absolute atomic E-state index is 0.0742. The van der Waals surface area contributed by atoms with Crippen molar-refractivity contribution in [3.05, 3.63) is 71.2 Å². The Morgan fingerprint density at radius 1 is 1.17 bits per heavy atom. The maximum Gasteiger partial charge on any atom is 0.328 e. The van der Waals surface area contributed by atoms with Gasteiger partial charge >= 0.3 is 11.9 Å². The van der Waals surface area contributed by atoms with Gasteiger partial charge in [0.15, 0.2) is 6.20 Å². The van der Waals surface area contributed by atoms with Crippen LogP contribution in [0, 0.1) is 5.21 Å². The van der Waals surface area contributed by atoms with Crippen LogP contribution < -0.4 is 10.0 Å². The average Bonchev–Trinajstić information content (AvgIpc) is 2.55. The van der Waals surface area contributed by atoms with Crippen molar-refractivity contribution in [2.75, 3.05) is 6.61 Å². The van der Waals surface area contributed by atoms with Gasteiger partial charge in [-0.05, 0) is 18.6 Å². The van der Waals surface area contributed by atoms with Crippen molar-refractivity contribution < 1.29 is 19.1 Å². The molecule has 0 fully saturated rings. The number of pyridine rings is 1. The van der Waals surface area contributed by atoms with Crippen LogP contribution in [-0.2, 0) is 16.0 Å². The highest BCUT2D eigenvalue weighted by atomic mass is 16.5. The zero-order chi connectivity index (χ0) is 16.7. The third kappa shape index (κ3) is 4.54. The molecule has 0 radical (unpaired) electrons. The topological polar surface area (TPSA) is 82.3 Å². The molecule has 0 unspecified atom stereocenters. The standard InChI is InChI=1S/C17H18N2O4/c1-2-23-17(21)14(12-13-8-4-3-5-9-13)18-16(20)15-10-6-7-11-19(15)22/h3-11,14H,2,12H2,1H3,(H,18,20)/t14-/m1/s1. The zero-order valence-corrected chi connectivity index (χ0v) is 12.8. The number of carbonyl (C=O) groups is 2. The monoisotopic (exact) mass is 314 g/mol. The highest BCUT2D eigenvalue weighted by Crippen LogP contribution is 2.06. The summed E-state index contributed by atoms with van der Waals surface area (Å²) in [5.41, 5.74) is 0.809. The number of nitrogens with zero attached hydrogens (tertiary/aromatic N) is 1. The van der Waals surface area contributed by atoms with Crippen LogP contribution in [0.2, 0.25) is 0 Å². The Hall–Kier alpha value is -2.89. The predicted octanol–water partition coefficient (Wildman–Crippen LogP) is 1.22. The molecule has 1 atom stereocenters. The largest absolute Gasteiger partial charge is 0.618 e. The fourth-order valence-electron chi connectivity index (χ4n) is 2.12. The minimum Gasteiger partial charge on any atom is -0.618 e. The average molecular weight is 314 g/mol. The summed E-state index contributed by atoms with van der Waals surface area (Å²) in [7, 11) is 0. The van der Waals surface area contributed by atoms with Crippen molar-refractivity contribution in [2.45, 2.75) is 19.4 Å². The predicted molar refractivity (Wildman–Crippen MR) is 83.4 cm³/mol. The van der Waals surface area contributed by atoms with Gasteiger partial charge < -0.3 is 15.3 Å². The number of aromatic nitrogens is 1. The Bertz CT molecular complexity index is 673. The van der Waals surface area contributed by atoms with E-state index in [1.165, 1.54) is 18.3 Å². The van der Waals surface area contributed by atoms with E-state index in [0.717, 1.165) is 5.56 Å². The molecule has 1 N–H and O–H groups in total. The SMILES string of the molecule is CCOC(=O)[C@@H](Cc1ccccc1)NC(=O)c1cccc[n+]1[O-]. The molecule has 23 heavy (non-hydrogen) atoms. The molecule has 0 bridgehead atoms. The fourth-order valence-corrected chi connectivity index (χ4v) is 2.12. The van der Waals surface area contributed by atoms with Crippen molar-refractivity contribution in [1.82, 2.24) is 5.32 Å². The van der Waals surface area contributed by atoms with E-state index in [-0.39, 0.29) is 18.7 Å². The molecule has 0 saturated carbocycles. The summed E-state index contributed by atoms with van der Waals surface area (Å²) < 4.78 is 5.46. The van der Waals surface area contributed by atoms with E-state index in [1.807, 2.05) is 30.3 Å². The Labute approximate surface area is 134 Å². The molecule has 2 aromatic rings. The Morgan fingerprint density at radius 2 is 1.87 bits per heavy atom. The van der Waals surface area contributed by atoms with Crippen LogP contribution in [0.3, 0.4) is 0 Å². The molecule has 1 heterocycles. The van der Waals surface area contributed by atoms with Crippen LogP contribution in [0.4, 0.5) is 0 Å². The lowest BCUT2D eigenvalue weighted by molar-refractivity contribution is -0.607. The number of carbonyl (C=O) groups excluding carboxylic acids is 2. The van der Waals surface area contributed by atoms with Crippen molar-refractivity contribution >= 4 is 11.9 Å². The van der Waals surface area contributed by atoms with Crippen molar-refractivity contribution in [1.29, 1.82) is 0 Å². The second-order valence-electron chi connectivity index (χ2n) is 4.88. The Balaban J connectivity index is 2.15. The summed E-state index contributed by atoms with van der Waals surface area (Å²) in [4.78, 5) is 24.3. The molecule has 0 aliphatic heterocycles. The number of ether oxygens (including phenoxy) is 1. The number of rotatable bonds is 6. The van der Waals surface area contributed by atoms with E-state index in [9.17, 15) is 14.8 Å². The molecule has 0 saturated heterocycles. The maximum atomic E-state index is 12.2. The van der Waals surface area contributed by atoms with E-state index in [4.69, 9.17) is 4.74 Å². The van der Waals surface area contributed by atoms with Gasteiger partial charge in [-0.15, -0.1) is 0 Å². The van der Waals surface area contributed by atoms with Gasteiger partial charge in [-0.3, -0.25) is 4.79 Å². The third-order valence-corrected chi connectivity index (χ3v) is 3.22. The summed E-state index contributed by atoms with van der Waals surface area (Å²) >= 11 is 0. The molecule has 2 rings (SSSR count). The maximum absolute atomic E-state index is 12.2. The molecule has 1 amide bonds. The molecular formula is C17H18N2O4. The lowest BCUT2D eigenvalue weighted by Crippen LogP contribution is -2.47. The molecule has 0 aliphatic rings. The highest BCUT2D eigenvalue weighted by Gasteiger charge is 2.26. The van der Waals surface area contributed by atoms with E-state index >= 15 is 0 Å². The quantitative estimate of drug-likeness (QED) is 0.494. The van der Waals surface area contributed by atoms with Crippen LogP contribution in [0.15, 0.2) is 54.7 Å². The first-order valence-corrected chi connectivity index (χ1v) is 7.31. The van der Waals surface area contributed by atoms with Crippen molar-refractivity contribution in [2.24, 2.45) is 0 Å². The van der Waals surface area contributed by atoms with Gasteiger partial charge in [0.2, 0.25) is 0 Å². The van der Waals surface area contributed by atoms with Gasteiger partial charge in [0.25, 0.3) is 5.69 Å². The number of amides is 1. The number of hydrogen-bond donors (Lipinski definition) is 1. The van der Waals surface area contributed by atoms with Crippen LogP contribution >= 0.6 is 0 Å². The van der Waals surface area contributed by atoms with Crippen LogP contribution in [0.25, 0.3) is 0 Å². The van der Waals surface area contributed by atoms with Crippen molar-refractivity contribution in [3.8, 4) is 0 Å². The molecule has 6 nitrogen and oxygen atoms in total. The van der Waals surface area contributed by atoms with Gasteiger partial charge in [0, 0.05) is 18.6 Å². The molecule has 120 valence electrons. The molecule has 0 aliphatic carbocycles. The summed E-state index contributed by atoms with van der Waals surface area (Å²) in [6.07, 6.45) is 1.52. The van der Waals surface area contributed by atoms with Gasteiger partial charge in [0.05, 0.1) is 6.61 Å². The van der Waals surface area contributed by atoms with E-state index in [2.05, 4.69) is 5.32 Å². The summed E-state index contributed by atoms with van der Waals surface area (Å²) in [5, 5.41) is 14.2. The molecule has 0 spiro atoms. The second-order valence-corrected chi connectivity index (χ2v) is 4.88. The molecule has 6 heteroatoms. The first kappa shape index (κ1) is 16.5. The van der Waals surface area contributed by atoms with Gasteiger partial charge in [0.1, 0.15) is 6.04 Å². The van der Waals surface area contributed by atoms with Gasteiger partial charge in [-0.25, -0.2) is 4.79 Å². The number of esters is 1. The van der Waals surface area contributed by atoms with E-state index in [0.29, 0.717) is 4.73 Å². The number of benzene rings is 1. The van der Waals surface area contributed by atoms with Crippen molar-refractivity contribution in [3.63, 3.8) is 0 Å². The summed E-state index contributed by atoms with van der Waals surface area (Å²) in [6, 6.07) is 12.9. The molecular weight excluding hydrogens is 296 g/mol. The third-order valence-electron chi connectivity index (χ3n) is 3.22. The lowest BCUT2D eigenvalue weighted by atomic mass is 10.1. The van der Waals surface area contributed by atoms with Crippen LogP contribution in [0.5, 0.6) is 0 Å². The summed E-state index contributed by atoms with van der Waals surface area (Å²) in [5.74, 6) is -1.15.